The molecule has 0 amide bonds. The minimum atomic E-state index is 0.588. The van der Waals surface area contributed by atoms with Gasteiger partial charge in [0.15, 0.2) is 0 Å². The first-order valence-corrected chi connectivity index (χ1v) is 11.6. The number of fused-ring (bicyclic) bond motifs is 1. The van der Waals surface area contributed by atoms with E-state index in [1.54, 1.807) is 0 Å². The molecular weight excluding hydrogens is 434 g/mol. The zero-order valence-electron chi connectivity index (χ0n) is 19.3. The molecule has 0 atom stereocenters. The molecule has 3 aromatic heterocycles. The molecule has 0 aliphatic rings. The highest BCUT2D eigenvalue weighted by atomic mass is 15.5. The summed E-state index contributed by atoms with van der Waals surface area (Å²) in [5.74, 6) is 1.64. The van der Waals surface area contributed by atoms with Gasteiger partial charge in [0, 0.05) is 24.1 Å². The third-order valence-electron chi connectivity index (χ3n) is 6.22. The van der Waals surface area contributed by atoms with Crippen LogP contribution >= 0.6 is 0 Å². The van der Waals surface area contributed by atoms with Gasteiger partial charge in [-0.2, -0.15) is 5.21 Å². The predicted octanol–water partition coefficient (Wildman–Crippen LogP) is 5.56. The predicted molar refractivity (Wildman–Crippen MR) is 136 cm³/mol. The van der Waals surface area contributed by atoms with Gasteiger partial charge in [-0.3, -0.25) is 4.98 Å². The Morgan fingerprint density at radius 3 is 2.34 bits per heavy atom. The molecule has 0 spiro atoms. The first kappa shape index (κ1) is 20.9. The number of pyridine rings is 1. The molecule has 0 aliphatic carbocycles. The molecule has 0 fully saturated rings. The Bertz CT molecular complexity index is 1580. The smallest absolute Gasteiger partial charge is 0.205 e. The fourth-order valence-electron chi connectivity index (χ4n) is 4.47. The summed E-state index contributed by atoms with van der Waals surface area (Å²) in [6.45, 7) is 2.88. The van der Waals surface area contributed by atoms with Crippen LogP contribution in [0, 0.1) is 0 Å². The molecule has 7 heteroatoms. The highest BCUT2D eigenvalue weighted by Crippen LogP contribution is 2.30. The molecule has 6 aromatic rings. The quantitative estimate of drug-likeness (QED) is 0.354. The monoisotopic (exact) mass is 457 g/mol. The van der Waals surface area contributed by atoms with Crippen LogP contribution < -0.4 is 0 Å². The van der Waals surface area contributed by atoms with Gasteiger partial charge >= 0.3 is 0 Å². The molecule has 0 unspecified atom stereocenters. The maximum absolute atomic E-state index is 4.85. The molecule has 0 bridgehead atoms. The maximum Gasteiger partial charge on any atom is 0.205 e. The van der Waals surface area contributed by atoms with Crippen LogP contribution in [-0.2, 0) is 13.0 Å². The average Bonchev–Trinajstić information content (AvgIpc) is 3.58. The third kappa shape index (κ3) is 3.97. The van der Waals surface area contributed by atoms with Crippen LogP contribution in [0.15, 0.2) is 91.1 Å². The van der Waals surface area contributed by atoms with Crippen molar-refractivity contribution in [2.75, 3.05) is 0 Å². The van der Waals surface area contributed by atoms with Crippen LogP contribution in [-0.4, -0.2) is 35.2 Å². The van der Waals surface area contributed by atoms with E-state index in [0.717, 1.165) is 57.8 Å². The van der Waals surface area contributed by atoms with Crippen molar-refractivity contribution < 1.29 is 0 Å². The molecule has 6 rings (SSSR count). The summed E-state index contributed by atoms with van der Waals surface area (Å²) in [4.78, 5) is 9.50. The standard InChI is InChI=1S/C28H23N7/c1-2-27-30-25-17-29-24(21-8-4-3-5-9-21)16-26(25)35(27)18-19-12-14-20(15-13-19)22-10-6-7-11-23(22)28-31-33-34-32-28/h3-17H,2,18H2,1H3,(H,31,32,33,34). The van der Waals surface area contributed by atoms with Crippen LogP contribution in [0.2, 0.25) is 0 Å². The molecular formula is C28H23N7. The summed E-state index contributed by atoms with van der Waals surface area (Å²) in [5, 5.41) is 14.6. The number of rotatable bonds is 6. The lowest BCUT2D eigenvalue weighted by atomic mass is 9.98. The minimum Gasteiger partial charge on any atom is -0.323 e. The van der Waals surface area contributed by atoms with Crippen LogP contribution in [0.3, 0.4) is 0 Å². The van der Waals surface area contributed by atoms with E-state index in [1.807, 2.05) is 42.6 Å². The van der Waals surface area contributed by atoms with Crippen molar-refractivity contribution in [1.82, 2.24) is 35.2 Å². The van der Waals surface area contributed by atoms with Gasteiger partial charge in [-0.05, 0) is 28.0 Å². The van der Waals surface area contributed by atoms with Gasteiger partial charge in [0.1, 0.15) is 11.3 Å². The lowest BCUT2D eigenvalue weighted by Crippen LogP contribution is -2.04. The number of aromatic amines is 1. The Kier molecular flexibility index (Phi) is 5.35. The Labute approximate surface area is 202 Å². The van der Waals surface area contributed by atoms with E-state index >= 15 is 0 Å². The normalized spacial score (nSPS) is 11.2. The molecule has 3 heterocycles. The first-order valence-electron chi connectivity index (χ1n) is 11.6. The van der Waals surface area contributed by atoms with Crippen LogP contribution in [0.4, 0.5) is 0 Å². The summed E-state index contributed by atoms with van der Waals surface area (Å²) < 4.78 is 2.30. The zero-order chi connectivity index (χ0) is 23.6. The number of nitrogens with zero attached hydrogens (tertiary/aromatic N) is 6. The second-order valence-electron chi connectivity index (χ2n) is 8.37. The van der Waals surface area contributed by atoms with E-state index < -0.39 is 0 Å². The Morgan fingerprint density at radius 1 is 0.829 bits per heavy atom. The number of hydrogen-bond acceptors (Lipinski definition) is 5. The van der Waals surface area contributed by atoms with E-state index in [2.05, 4.69) is 85.6 Å². The lowest BCUT2D eigenvalue weighted by molar-refractivity contribution is 0.753. The highest BCUT2D eigenvalue weighted by molar-refractivity contribution is 5.81. The van der Waals surface area contributed by atoms with Crippen molar-refractivity contribution in [3.8, 4) is 33.8 Å². The Hall–Kier alpha value is -4.65. The number of nitrogens with one attached hydrogen (secondary N) is 1. The van der Waals surface area contributed by atoms with E-state index in [4.69, 9.17) is 4.98 Å². The molecule has 0 radical (unpaired) electrons. The topological polar surface area (TPSA) is 85.2 Å². The van der Waals surface area contributed by atoms with E-state index in [-0.39, 0.29) is 0 Å². The van der Waals surface area contributed by atoms with Gasteiger partial charge in [0.25, 0.3) is 0 Å². The Balaban J connectivity index is 1.35. The van der Waals surface area contributed by atoms with Gasteiger partial charge < -0.3 is 4.57 Å². The molecule has 170 valence electrons. The number of benzene rings is 3. The summed E-state index contributed by atoms with van der Waals surface area (Å²) >= 11 is 0. The summed E-state index contributed by atoms with van der Waals surface area (Å²) in [6, 6.07) is 29.2. The number of hydrogen-bond donors (Lipinski definition) is 1. The molecule has 35 heavy (non-hydrogen) atoms. The third-order valence-corrected chi connectivity index (χ3v) is 6.22. The zero-order valence-corrected chi connectivity index (χ0v) is 19.3. The number of aryl methyl sites for hydroxylation is 1. The van der Waals surface area contributed by atoms with Crippen LogP contribution in [0.25, 0.3) is 44.8 Å². The van der Waals surface area contributed by atoms with Crippen LogP contribution in [0.5, 0.6) is 0 Å². The van der Waals surface area contributed by atoms with Crippen LogP contribution in [0.1, 0.15) is 18.3 Å². The van der Waals surface area contributed by atoms with Gasteiger partial charge in [-0.25, -0.2) is 4.98 Å². The van der Waals surface area contributed by atoms with Crippen molar-refractivity contribution in [3.05, 3.63) is 103 Å². The highest BCUT2D eigenvalue weighted by Gasteiger charge is 2.14. The number of aromatic nitrogens is 7. The second-order valence-corrected chi connectivity index (χ2v) is 8.37. The summed E-state index contributed by atoms with van der Waals surface area (Å²) in [5.41, 5.74) is 8.41. The maximum atomic E-state index is 4.85. The number of imidazole rings is 1. The van der Waals surface area contributed by atoms with Gasteiger partial charge in [-0.15, -0.1) is 10.2 Å². The van der Waals surface area contributed by atoms with Gasteiger partial charge in [0.2, 0.25) is 5.82 Å². The van der Waals surface area contributed by atoms with E-state index in [0.29, 0.717) is 5.82 Å². The molecule has 7 nitrogen and oxygen atoms in total. The SMILES string of the molecule is CCc1nc2cnc(-c3ccccc3)cc2n1Cc1ccc(-c2ccccc2-c2nn[nH]n2)cc1. The van der Waals surface area contributed by atoms with Gasteiger partial charge in [-0.1, -0.05) is 85.8 Å². The van der Waals surface area contributed by atoms with Crippen molar-refractivity contribution in [3.63, 3.8) is 0 Å². The van der Waals surface area contributed by atoms with Crippen molar-refractivity contribution in [1.29, 1.82) is 0 Å². The summed E-state index contributed by atoms with van der Waals surface area (Å²) in [7, 11) is 0. The molecule has 3 aromatic carbocycles. The van der Waals surface area contributed by atoms with Crippen molar-refractivity contribution in [2.45, 2.75) is 19.9 Å². The van der Waals surface area contributed by atoms with E-state index in [9.17, 15) is 0 Å². The molecule has 0 aliphatic heterocycles. The van der Waals surface area contributed by atoms with E-state index in [1.165, 1.54) is 5.56 Å². The van der Waals surface area contributed by atoms with Gasteiger partial charge in [0.05, 0.1) is 17.4 Å². The van der Waals surface area contributed by atoms with Crippen molar-refractivity contribution in [2.24, 2.45) is 0 Å². The Morgan fingerprint density at radius 2 is 1.60 bits per heavy atom. The van der Waals surface area contributed by atoms with Crippen molar-refractivity contribution >= 4 is 11.0 Å². The molecule has 0 saturated heterocycles. The second kappa shape index (κ2) is 8.95. The largest absolute Gasteiger partial charge is 0.323 e. The number of tetrazole rings is 1. The first-order chi connectivity index (χ1) is 17.3. The fraction of sp³-hybridized carbons (Fsp3) is 0.107. The molecule has 1 N–H and O–H groups in total. The average molecular weight is 458 g/mol. The fourth-order valence-corrected chi connectivity index (χ4v) is 4.47. The summed E-state index contributed by atoms with van der Waals surface area (Å²) in [6.07, 6.45) is 2.73. The molecule has 0 saturated carbocycles. The number of H-pyrrole nitrogens is 1. The lowest BCUT2D eigenvalue weighted by Gasteiger charge is -2.11. The minimum absolute atomic E-state index is 0.588.